The van der Waals surface area contributed by atoms with Gasteiger partial charge >= 0.3 is 0 Å². The van der Waals surface area contributed by atoms with E-state index in [0.29, 0.717) is 24.5 Å². The Kier molecular flexibility index (Phi) is 7.99. The lowest BCUT2D eigenvalue weighted by molar-refractivity contribution is -0.119. The van der Waals surface area contributed by atoms with Gasteiger partial charge in [0.1, 0.15) is 0 Å². The van der Waals surface area contributed by atoms with Crippen LogP contribution in [0.1, 0.15) is 71.9 Å². The molecule has 4 nitrogen and oxygen atoms in total. The molecule has 0 unspecified atom stereocenters. The minimum absolute atomic E-state index is 0.0306. The van der Waals surface area contributed by atoms with Gasteiger partial charge in [0.15, 0.2) is 5.82 Å². The van der Waals surface area contributed by atoms with Crippen LogP contribution in [0.2, 0.25) is 0 Å². The van der Waals surface area contributed by atoms with E-state index in [1.54, 1.807) is 4.90 Å². The number of nitrogens with zero attached hydrogens (tertiary/aromatic N) is 3. The Balaban J connectivity index is 3.20. The van der Waals surface area contributed by atoms with E-state index in [2.05, 4.69) is 23.8 Å². The van der Waals surface area contributed by atoms with E-state index < -0.39 is 5.82 Å². The molecule has 0 spiro atoms. The van der Waals surface area contributed by atoms with E-state index in [4.69, 9.17) is 0 Å². The van der Waals surface area contributed by atoms with Crippen LogP contribution in [-0.2, 0) is 11.2 Å². The highest BCUT2D eigenvalue weighted by Gasteiger charge is 2.26. The van der Waals surface area contributed by atoms with E-state index in [1.807, 2.05) is 13.8 Å². The fraction of sp³-hybridized carbons (Fsp3) is 0.706. The zero-order valence-electron chi connectivity index (χ0n) is 14.2. The van der Waals surface area contributed by atoms with Crippen LogP contribution in [0.15, 0.2) is 6.20 Å². The zero-order valence-corrected chi connectivity index (χ0v) is 14.2. The van der Waals surface area contributed by atoms with E-state index in [0.717, 1.165) is 32.1 Å². The van der Waals surface area contributed by atoms with E-state index in [-0.39, 0.29) is 11.9 Å². The standard InChI is InChI=1S/C17H28FN3O/c1-5-9-13(10-6-2)21(16(22)11-7-3)17-19-12-14(18)15(8-4)20-17/h12-13H,5-11H2,1-4H3. The number of carbonyl (C=O) groups excluding carboxylic acids is 1. The van der Waals surface area contributed by atoms with Crippen LogP contribution in [-0.4, -0.2) is 21.9 Å². The molecule has 0 aliphatic carbocycles. The van der Waals surface area contributed by atoms with Gasteiger partial charge in [0.25, 0.3) is 0 Å². The maximum absolute atomic E-state index is 13.7. The highest BCUT2D eigenvalue weighted by atomic mass is 19.1. The Morgan fingerprint density at radius 2 is 1.82 bits per heavy atom. The summed E-state index contributed by atoms with van der Waals surface area (Å²) in [6.07, 6.45) is 6.71. The van der Waals surface area contributed by atoms with Crippen molar-refractivity contribution in [1.29, 1.82) is 0 Å². The van der Waals surface area contributed by atoms with Crippen LogP contribution >= 0.6 is 0 Å². The van der Waals surface area contributed by atoms with Gasteiger partial charge in [-0.05, 0) is 25.7 Å². The van der Waals surface area contributed by atoms with Crippen molar-refractivity contribution in [2.24, 2.45) is 0 Å². The molecule has 22 heavy (non-hydrogen) atoms. The van der Waals surface area contributed by atoms with E-state index >= 15 is 0 Å². The number of carbonyl (C=O) groups is 1. The van der Waals surface area contributed by atoms with Crippen molar-refractivity contribution >= 4 is 11.9 Å². The summed E-state index contributed by atoms with van der Waals surface area (Å²) in [5.41, 5.74) is 0.367. The minimum Gasteiger partial charge on any atom is -0.278 e. The Labute approximate surface area is 133 Å². The monoisotopic (exact) mass is 309 g/mol. The van der Waals surface area contributed by atoms with Crippen molar-refractivity contribution < 1.29 is 9.18 Å². The Morgan fingerprint density at radius 3 is 2.32 bits per heavy atom. The normalized spacial score (nSPS) is 11.0. The molecule has 5 heteroatoms. The highest BCUT2D eigenvalue weighted by molar-refractivity contribution is 5.92. The average Bonchev–Trinajstić information content (AvgIpc) is 2.50. The lowest BCUT2D eigenvalue weighted by Crippen LogP contribution is -2.41. The minimum atomic E-state index is -0.406. The highest BCUT2D eigenvalue weighted by Crippen LogP contribution is 2.21. The third-order valence-electron chi connectivity index (χ3n) is 3.70. The number of aryl methyl sites for hydroxylation is 1. The van der Waals surface area contributed by atoms with Crippen LogP contribution < -0.4 is 4.90 Å². The zero-order chi connectivity index (χ0) is 16.5. The van der Waals surface area contributed by atoms with Crippen LogP contribution in [0, 0.1) is 5.82 Å². The summed E-state index contributed by atoms with van der Waals surface area (Å²) < 4.78 is 13.7. The van der Waals surface area contributed by atoms with E-state index in [9.17, 15) is 9.18 Å². The molecule has 0 saturated carbocycles. The van der Waals surface area contributed by atoms with Gasteiger partial charge < -0.3 is 0 Å². The predicted octanol–water partition coefficient (Wildman–Crippen LogP) is 4.28. The molecule has 1 aromatic heterocycles. The van der Waals surface area contributed by atoms with E-state index in [1.165, 1.54) is 6.20 Å². The first-order valence-electron chi connectivity index (χ1n) is 8.42. The third kappa shape index (κ3) is 4.75. The molecule has 1 amide bonds. The smallest absolute Gasteiger partial charge is 0.232 e. The molecule has 0 atom stereocenters. The van der Waals surface area contributed by atoms with Crippen LogP contribution in [0.3, 0.4) is 0 Å². The van der Waals surface area contributed by atoms with Gasteiger partial charge in [-0.2, -0.15) is 0 Å². The van der Waals surface area contributed by atoms with Gasteiger partial charge in [-0.3, -0.25) is 9.69 Å². The van der Waals surface area contributed by atoms with Crippen molar-refractivity contribution in [2.75, 3.05) is 4.90 Å². The summed E-state index contributed by atoms with van der Waals surface area (Å²) in [6, 6.07) is 0.0872. The second-order valence-electron chi connectivity index (χ2n) is 5.56. The van der Waals surface area contributed by atoms with Crippen molar-refractivity contribution in [3.05, 3.63) is 17.7 Å². The predicted molar refractivity (Wildman–Crippen MR) is 87.4 cm³/mol. The molecular formula is C17H28FN3O. The molecule has 0 bridgehead atoms. The fourth-order valence-electron chi connectivity index (χ4n) is 2.64. The molecular weight excluding hydrogens is 281 g/mol. The Bertz CT molecular complexity index is 473. The number of hydrogen-bond acceptors (Lipinski definition) is 3. The molecule has 0 fully saturated rings. The summed E-state index contributed by atoms with van der Waals surface area (Å²) in [7, 11) is 0. The number of aromatic nitrogens is 2. The second-order valence-corrected chi connectivity index (χ2v) is 5.56. The van der Waals surface area contributed by atoms with Gasteiger partial charge in [-0.25, -0.2) is 14.4 Å². The van der Waals surface area contributed by atoms with Gasteiger partial charge in [-0.15, -0.1) is 0 Å². The van der Waals surface area contributed by atoms with Crippen molar-refractivity contribution in [2.45, 2.75) is 78.7 Å². The summed E-state index contributed by atoms with van der Waals surface area (Å²) in [6.45, 7) is 8.04. The number of halogens is 1. The maximum Gasteiger partial charge on any atom is 0.232 e. The lowest BCUT2D eigenvalue weighted by Gasteiger charge is -2.30. The second kappa shape index (κ2) is 9.49. The molecule has 0 aromatic carbocycles. The average molecular weight is 309 g/mol. The molecule has 0 aliphatic heterocycles. The van der Waals surface area contributed by atoms with Crippen molar-refractivity contribution in [3.63, 3.8) is 0 Å². The van der Waals surface area contributed by atoms with Crippen molar-refractivity contribution in [3.8, 4) is 0 Å². The summed E-state index contributed by atoms with van der Waals surface area (Å²) in [5.74, 6) is -0.0247. The van der Waals surface area contributed by atoms with Gasteiger partial charge in [0.05, 0.1) is 11.9 Å². The third-order valence-corrected chi connectivity index (χ3v) is 3.70. The molecule has 1 aromatic rings. The quantitative estimate of drug-likeness (QED) is 0.684. The molecule has 124 valence electrons. The first-order chi connectivity index (χ1) is 10.6. The topological polar surface area (TPSA) is 46.1 Å². The van der Waals surface area contributed by atoms with Gasteiger partial charge in [0.2, 0.25) is 11.9 Å². The SMILES string of the molecule is CCCC(=O)N(c1ncc(F)c(CC)n1)C(CCC)CCC. The van der Waals surface area contributed by atoms with Crippen LogP contribution in [0.5, 0.6) is 0 Å². The number of rotatable bonds is 9. The van der Waals surface area contributed by atoms with Gasteiger partial charge in [0, 0.05) is 12.5 Å². The lowest BCUT2D eigenvalue weighted by atomic mass is 10.0. The first-order valence-corrected chi connectivity index (χ1v) is 8.42. The molecule has 0 aliphatic rings. The maximum atomic E-state index is 13.7. The molecule has 0 N–H and O–H groups in total. The number of hydrogen-bond donors (Lipinski definition) is 0. The Hall–Kier alpha value is -1.52. The Morgan fingerprint density at radius 1 is 1.18 bits per heavy atom. The first kappa shape index (κ1) is 18.5. The summed E-state index contributed by atoms with van der Waals surface area (Å²) in [5, 5.41) is 0. The summed E-state index contributed by atoms with van der Waals surface area (Å²) >= 11 is 0. The molecule has 0 radical (unpaired) electrons. The fourth-order valence-corrected chi connectivity index (χ4v) is 2.64. The molecule has 0 saturated heterocycles. The number of amides is 1. The summed E-state index contributed by atoms with van der Waals surface area (Å²) in [4.78, 5) is 22.7. The van der Waals surface area contributed by atoms with Gasteiger partial charge in [-0.1, -0.05) is 40.5 Å². The number of anilines is 1. The largest absolute Gasteiger partial charge is 0.278 e. The van der Waals surface area contributed by atoms with Crippen LogP contribution in [0.4, 0.5) is 10.3 Å². The molecule has 1 rings (SSSR count). The van der Waals surface area contributed by atoms with Crippen LogP contribution in [0.25, 0.3) is 0 Å². The molecule has 1 heterocycles. The van der Waals surface area contributed by atoms with Crippen molar-refractivity contribution in [1.82, 2.24) is 9.97 Å².